The Morgan fingerprint density at radius 3 is 2.55 bits per heavy atom. The van der Waals surface area contributed by atoms with Gasteiger partial charge >= 0.3 is 5.97 Å². The van der Waals surface area contributed by atoms with Crippen LogP contribution in [-0.4, -0.2) is 27.8 Å². The number of hydrogen-bond acceptors (Lipinski definition) is 4. The van der Waals surface area contributed by atoms with Crippen molar-refractivity contribution in [1.29, 1.82) is 0 Å². The molecular weight excluding hydrogens is 301 g/mol. The minimum Gasteiger partial charge on any atom is -0.478 e. The summed E-state index contributed by atoms with van der Waals surface area (Å²) in [7, 11) is 0. The second kappa shape index (κ2) is 6.54. The Balaban J connectivity index is 1.92. The van der Waals surface area contributed by atoms with Crippen LogP contribution in [0.3, 0.4) is 0 Å². The molecule has 0 aliphatic carbocycles. The van der Waals surface area contributed by atoms with Crippen molar-refractivity contribution < 1.29 is 9.90 Å². The van der Waals surface area contributed by atoms with Gasteiger partial charge in [-0.15, -0.1) is 10.2 Å². The number of rotatable bonds is 5. The summed E-state index contributed by atoms with van der Waals surface area (Å²) in [6, 6.07) is 8.32. The first-order chi connectivity index (χ1) is 9.56. The first-order valence-corrected chi connectivity index (χ1v) is 6.56. The molecular formula is C13H11Cl2N3O2. The standard InChI is InChI=1S/C13H11Cl2N3O2/c14-11-7-10(12(15)18-17-11)16-6-5-8-1-3-9(4-2-8)13(19)20/h1-4,7H,5-6H2,(H,16,17)(H,19,20). The van der Waals surface area contributed by atoms with Gasteiger partial charge in [-0.2, -0.15) is 0 Å². The summed E-state index contributed by atoms with van der Waals surface area (Å²) in [4.78, 5) is 10.7. The summed E-state index contributed by atoms with van der Waals surface area (Å²) in [5, 5.41) is 19.7. The summed E-state index contributed by atoms with van der Waals surface area (Å²) >= 11 is 11.6. The number of hydrogen-bond donors (Lipinski definition) is 2. The highest BCUT2D eigenvalue weighted by Gasteiger charge is 2.04. The molecule has 0 fully saturated rings. The molecule has 0 saturated carbocycles. The Morgan fingerprint density at radius 1 is 1.20 bits per heavy atom. The molecule has 0 unspecified atom stereocenters. The number of carboxylic acids is 1. The fraction of sp³-hybridized carbons (Fsp3) is 0.154. The molecule has 0 saturated heterocycles. The highest BCUT2D eigenvalue weighted by atomic mass is 35.5. The molecule has 0 bridgehead atoms. The highest BCUT2D eigenvalue weighted by molar-refractivity contribution is 6.33. The van der Waals surface area contributed by atoms with E-state index in [1.807, 2.05) is 0 Å². The van der Waals surface area contributed by atoms with Crippen LogP contribution in [0.1, 0.15) is 15.9 Å². The summed E-state index contributed by atoms with van der Waals surface area (Å²) in [5.74, 6) is -0.932. The Kier molecular flexibility index (Phi) is 4.76. The predicted molar refractivity (Wildman–Crippen MR) is 77.6 cm³/mol. The van der Waals surface area contributed by atoms with E-state index in [4.69, 9.17) is 28.3 Å². The first-order valence-electron chi connectivity index (χ1n) is 5.81. The molecule has 104 valence electrons. The fourth-order valence-corrected chi connectivity index (χ4v) is 1.94. The van der Waals surface area contributed by atoms with Gasteiger partial charge in [0.15, 0.2) is 10.3 Å². The van der Waals surface area contributed by atoms with Gasteiger partial charge in [0.05, 0.1) is 11.3 Å². The summed E-state index contributed by atoms with van der Waals surface area (Å²) in [6.45, 7) is 0.619. The monoisotopic (exact) mass is 311 g/mol. The molecule has 2 rings (SSSR count). The number of carboxylic acid groups (broad SMARTS) is 1. The molecule has 0 spiro atoms. The maximum atomic E-state index is 10.7. The van der Waals surface area contributed by atoms with Crippen LogP contribution in [0.2, 0.25) is 10.3 Å². The van der Waals surface area contributed by atoms with E-state index >= 15 is 0 Å². The minimum atomic E-state index is -0.932. The lowest BCUT2D eigenvalue weighted by atomic mass is 10.1. The second-order valence-electron chi connectivity index (χ2n) is 4.05. The SMILES string of the molecule is O=C(O)c1ccc(CCNc2cc(Cl)nnc2Cl)cc1. The van der Waals surface area contributed by atoms with Crippen LogP contribution in [0.4, 0.5) is 5.69 Å². The van der Waals surface area contributed by atoms with E-state index in [9.17, 15) is 4.79 Å². The molecule has 0 aliphatic heterocycles. The number of aromatic nitrogens is 2. The molecule has 0 atom stereocenters. The lowest BCUT2D eigenvalue weighted by molar-refractivity contribution is 0.0697. The number of anilines is 1. The molecule has 0 amide bonds. The number of carbonyl (C=O) groups is 1. The van der Waals surface area contributed by atoms with E-state index in [2.05, 4.69) is 15.5 Å². The van der Waals surface area contributed by atoms with E-state index in [-0.39, 0.29) is 15.9 Å². The van der Waals surface area contributed by atoms with Gasteiger partial charge in [-0.3, -0.25) is 0 Å². The molecule has 1 heterocycles. The van der Waals surface area contributed by atoms with Crippen LogP contribution < -0.4 is 5.32 Å². The van der Waals surface area contributed by atoms with Crippen molar-refractivity contribution in [3.05, 3.63) is 51.8 Å². The highest BCUT2D eigenvalue weighted by Crippen LogP contribution is 2.20. The summed E-state index contributed by atoms with van der Waals surface area (Å²) in [5.41, 5.74) is 1.91. The predicted octanol–water partition coefficient (Wildman–Crippen LogP) is 3.14. The minimum absolute atomic E-state index is 0.260. The average Bonchev–Trinajstić information content (AvgIpc) is 2.43. The molecule has 20 heavy (non-hydrogen) atoms. The second-order valence-corrected chi connectivity index (χ2v) is 4.80. The van der Waals surface area contributed by atoms with Gasteiger partial charge in [0.1, 0.15) is 0 Å². The smallest absolute Gasteiger partial charge is 0.335 e. The lowest BCUT2D eigenvalue weighted by Crippen LogP contribution is -2.06. The van der Waals surface area contributed by atoms with Crippen molar-refractivity contribution in [3.8, 4) is 0 Å². The number of nitrogens with zero attached hydrogens (tertiary/aromatic N) is 2. The van der Waals surface area contributed by atoms with Crippen LogP contribution >= 0.6 is 23.2 Å². The number of aromatic carboxylic acids is 1. The molecule has 0 radical (unpaired) electrons. The first kappa shape index (κ1) is 14.6. The van der Waals surface area contributed by atoms with Crippen LogP contribution in [-0.2, 0) is 6.42 Å². The zero-order valence-electron chi connectivity index (χ0n) is 10.3. The van der Waals surface area contributed by atoms with E-state index in [0.29, 0.717) is 12.2 Å². The van der Waals surface area contributed by atoms with Crippen LogP contribution in [0.5, 0.6) is 0 Å². The van der Waals surface area contributed by atoms with E-state index in [1.165, 1.54) is 0 Å². The van der Waals surface area contributed by atoms with Crippen molar-refractivity contribution in [1.82, 2.24) is 10.2 Å². The van der Waals surface area contributed by atoms with Gasteiger partial charge in [0, 0.05) is 12.6 Å². The topological polar surface area (TPSA) is 75.1 Å². The van der Waals surface area contributed by atoms with Gasteiger partial charge in [0.25, 0.3) is 0 Å². The van der Waals surface area contributed by atoms with Crippen LogP contribution in [0, 0.1) is 0 Å². The third-order valence-electron chi connectivity index (χ3n) is 2.65. The molecule has 1 aromatic heterocycles. The van der Waals surface area contributed by atoms with E-state index < -0.39 is 5.97 Å². The maximum absolute atomic E-state index is 10.7. The van der Waals surface area contributed by atoms with Gasteiger partial charge in [-0.1, -0.05) is 35.3 Å². The zero-order chi connectivity index (χ0) is 14.5. The fourth-order valence-electron chi connectivity index (χ4n) is 1.63. The van der Waals surface area contributed by atoms with Crippen molar-refractivity contribution in [2.45, 2.75) is 6.42 Å². The van der Waals surface area contributed by atoms with Crippen molar-refractivity contribution >= 4 is 34.9 Å². The largest absolute Gasteiger partial charge is 0.478 e. The Morgan fingerprint density at radius 2 is 1.90 bits per heavy atom. The zero-order valence-corrected chi connectivity index (χ0v) is 11.8. The van der Waals surface area contributed by atoms with Crippen molar-refractivity contribution in [3.63, 3.8) is 0 Å². The summed E-state index contributed by atoms with van der Waals surface area (Å²) < 4.78 is 0. The van der Waals surface area contributed by atoms with Crippen molar-refractivity contribution in [2.75, 3.05) is 11.9 Å². The van der Waals surface area contributed by atoms with Crippen LogP contribution in [0.25, 0.3) is 0 Å². The Bertz CT molecular complexity index is 618. The Labute approximate surface area is 125 Å². The van der Waals surface area contributed by atoms with Gasteiger partial charge in [0.2, 0.25) is 0 Å². The maximum Gasteiger partial charge on any atom is 0.335 e. The Hall–Kier alpha value is -1.85. The van der Waals surface area contributed by atoms with Crippen molar-refractivity contribution in [2.24, 2.45) is 0 Å². The molecule has 7 heteroatoms. The summed E-state index contributed by atoms with van der Waals surface area (Å²) in [6.07, 6.45) is 0.718. The quantitative estimate of drug-likeness (QED) is 0.887. The van der Waals surface area contributed by atoms with E-state index in [0.717, 1.165) is 12.0 Å². The normalized spacial score (nSPS) is 10.3. The van der Waals surface area contributed by atoms with Gasteiger partial charge in [-0.05, 0) is 24.1 Å². The molecule has 5 nitrogen and oxygen atoms in total. The average molecular weight is 312 g/mol. The third kappa shape index (κ3) is 3.82. The third-order valence-corrected chi connectivity index (χ3v) is 3.11. The van der Waals surface area contributed by atoms with Gasteiger partial charge < -0.3 is 10.4 Å². The molecule has 1 aromatic carbocycles. The number of nitrogens with one attached hydrogen (secondary N) is 1. The van der Waals surface area contributed by atoms with E-state index in [1.54, 1.807) is 30.3 Å². The molecule has 2 aromatic rings. The van der Waals surface area contributed by atoms with Crippen LogP contribution in [0.15, 0.2) is 30.3 Å². The lowest BCUT2D eigenvalue weighted by Gasteiger charge is -2.07. The number of halogens is 2. The molecule has 0 aliphatic rings. The number of benzene rings is 1. The van der Waals surface area contributed by atoms with Gasteiger partial charge in [-0.25, -0.2) is 4.79 Å². The molecule has 2 N–H and O–H groups in total.